The van der Waals surface area contributed by atoms with Gasteiger partial charge >= 0.3 is 5.97 Å². The highest BCUT2D eigenvalue weighted by Crippen LogP contribution is 2.25. The standard InChI is InChI=1S/C17H27NO3/c1-5-11-18-12-14-10-8-9-13(4)16(14)21-15(6-2)17(19)20-7-3/h8-10,15,18H,5-7,11-12H2,1-4H3. The van der Waals surface area contributed by atoms with Gasteiger partial charge in [0.15, 0.2) is 6.10 Å². The Balaban J connectivity index is 2.86. The summed E-state index contributed by atoms with van der Waals surface area (Å²) in [7, 11) is 0. The van der Waals surface area contributed by atoms with E-state index in [1.54, 1.807) is 6.92 Å². The van der Waals surface area contributed by atoms with E-state index >= 15 is 0 Å². The molecule has 0 saturated heterocycles. The molecule has 0 radical (unpaired) electrons. The second kappa shape index (κ2) is 9.40. The fourth-order valence-electron chi connectivity index (χ4n) is 2.10. The first-order valence-electron chi connectivity index (χ1n) is 7.76. The third-order valence-corrected chi connectivity index (χ3v) is 3.22. The summed E-state index contributed by atoms with van der Waals surface area (Å²) in [4.78, 5) is 11.9. The van der Waals surface area contributed by atoms with Gasteiger partial charge in [0.05, 0.1) is 6.61 Å². The fourth-order valence-corrected chi connectivity index (χ4v) is 2.10. The van der Waals surface area contributed by atoms with E-state index in [0.717, 1.165) is 36.4 Å². The Hall–Kier alpha value is -1.55. The first-order valence-corrected chi connectivity index (χ1v) is 7.76. The summed E-state index contributed by atoms with van der Waals surface area (Å²) in [5, 5.41) is 3.37. The van der Waals surface area contributed by atoms with Crippen LogP contribution in [0.5, 0.6) is 5.75 Å². The van der Waals surface area contributed by atoms with Gasteiger partial charge < -0.3 is 14.8 Å². The molecule has 4 nitrogen and oxygen atoms in total. The van der Waals surface area contributed by atoms with Gasteiger partial charge in [-0.1, -0.05) is 32.0 Å². The molecule has 118 valence electrons. The normalized spacial score (nSPS) is 12.0. The second-order valence-corrected chi connectivity index (χ2v) is 5.01. The first-order chi connectivity index (χ1) is 10.1. The van der Waals surface area contributed by atoms with Crippen LogP contribution in [0.3, 0.4) is 0 Å². The van der Waals surface area contributed by atoms with Crippen LogP contribution in [0.4, 0.5) is 0 Å². The Morgan fingerprint density at radius 2 is 2.05 bits per heavy atom. The van der Waals surface area contributed by atoms with Crippen LogP contribution in [0.15, 0.2) is 18.2 Å². The topological polar surface area (TPSA) is 47.6 Å². The molecule has 0 heterocycles. The van der Waals surface area contributed by atoms with Crippen LogP contribution >= 0.6 is 0 Å². The van der Waals surface area contributed by atoms with E-state index in [1.807, 2.05) is 32.0 Å². The molecule has 0 saturated carbocycles. The van der Waals surface area contributed by atoms with E-state index in [4.69, 9.17) is 9.47 Å². The fraction of sp³-hybridized carbons (Fsp3) is 0.588. The maximum Gasteiger partial charge on any atom is 0.347 e. The lowest BCUT2D eigenvalue weighted by Gasteiger charge is -2.20. The molecule has 1 aromatic rings. The number of carbonyl (C=O) groups is 1. The molecule has 1 rings (SSSR count). The van der Waals surface area contributed by atoms with Crippen molar-refractivity contribution in [3.05, 3.63) is 29.3 Å². The number of hydrogen-bond donors (Lipinski definition) is 1. The lowest BCUT2D eigenvalue weighted by molar-refractivity contribution is -0.151. The number of hydrogen-bond acceptors (Lipinski definition) is 4. The number of esters is 1. The van der Waals surface area contributed by atoms with Crippen molar-refractivity contribution >= 4 is 5.97 Å². The number of rotatable bonds is 9. The van der Waals surface area contributed by atoms with E-state index in [9.17, 15) is 4.79 Å². The van der Waals surface area contributed by atoms with E-state index < -0.39 is 6.10 Å². The highest BCUT2D eigenvalue weighted by Gasteiger charge is 2.21. The maximum atomic E-state index is 11.9. The Kier molecular flexibility index (Phi) is 7.83. The van der Waals surface area contributed by atoms with Crippen LogP contribution in [0, 0.1) is 6.92 Å². The number of para-hydroxylation sites is 1. The summed E-state index contributed by atoms with van der Waals surface area (Å²) in [6, 6.07) is 6.04. The minimum Gasteiger partial charge on any atom is -0.478 e. The van der Waals surface area contributed by atoms with Crippen LogP contribution < -0.4 is 10.1 Å². The molecule has 4 heteroatoms. The smallest absolute Gasteiger partial charge is 0.347 e. The quantitative estimate of drug-likeness (QED) is 0.561. The Labute approximate surface area is 127 Å². The minimum absolute atomic E-state index is 0.296. The average Bonchev–Trinajstić information content (AvgIpc) is 2.47. The molecule has 0 bridgehead atoms. The molecule has 0 aliphatic heterocycles. The summed E-state index contributed by atoms with van der Waals surface area (Å²) in [6.45, 7) is 9.93. The van der Waals surface area contributed by atoms with Gasteiger partial charge in [0.25, 0.3) is 0 Å². The van der Waals surface area contributed by atoms with Crippen LogP contribution in [0.2, 0.25) is 0 Å². The van der Waals surface area contributed by atoms with E-state index in [2.05, 4.69) is 12.2 Å². The molecular weight excluding hydrogens is 266 g/mol. The number of carbonyl (C=O) groups excluding carboxylic acids is 1. The van der Waals surface area contributed by atoms with Crippen LogP contribution in [0.25, 0.3) is 0 Å². The monoisotopic (exact) mass is 293 g/mol. The highest BCUT2D eigenvalue weighted by molar-refractivity contribution is 5.75. The van der Waals surface area contributed by atoms with Crippen LogP contribution in [-0.2, 0) is 16.1 Å². The van der Waals surface area contributed by atoms with E-state index in [0.29, 0.717) is 13.0 Å². The predicted octanol–water partition coefficient (Wildman–Crippen LogP) is 3.22. The van der Waals surface area contributed by atoms with Gasteiger partial charge in [0.1, 0.15) is 5.75 Å². The van der Waals surface area contributed by atoms with Crippen molar-refractivity contribution < 1.29 is 14.3 Å². The third-order valence-electron chi connectivity index (χ3n) is 3.22. The lowest BCUT2D eigenvalue weighted by atomic mass is 10.1. The Morgan fingerprint density at radius 3 is 2.67 bits per heavy atom. The van der Waals surface area contributed by atoms with Gasteiger partial charge in [0, 0.05) is 12.1 Å². The Morgan fingerprint density at radius 1 is 1.29 bits per heavy atom. The third kappa shape index (κ3) is 5.38. The van der Waals surface area contributed by atoms with Gasteiger partial charge in [-0.3, -0.25) is 0 Å². The average molecular weight is 293 g/mol. The van der Waals surface area contributed by atoms with Crippen LogP contribution in [0.1, 0.15) is 44.7 Å². The summed E-state index contributed by atoms with van der Waals surface area (Å²) in [5.41, 5.74) is 2.11. The molecule has 0 aliphatic carbocycles. The van der Waals surface area contributed by atoms with Crippen molar-refractivity contribution in [1.82, 2.24) is 5.32 Å². The Bertz CT molecular complexity index is 446. The summed E-state index contributed by atoms with van der Waals surface area (Å²) >= 11 is 0. The molecule has 0 spiro atoms. The van der Waals surface area contributed by atoms with Crippen molar-refractivity contribution in [3.63, 3.8) is 0 Å². The molecule has 1 N–H and O–H groups in total. The zero-order chi connectivity index (χ0) is 15.7. The lowest BCUT2D eigenvalue weighted by Crippen LogP contribution is -2.29. The summed E-state index contributed by atoms with van der Waals surface area (Å²) in [5.74, 6) is 0.497. The van der Waals surface area contributed by atoms with Gasteiger partial charge in [-0.05, 0) is 38.8 Å². The van der Waals surface area contributed by atoms with E-state index in [-0.39, 0.29) is 5.97 Å². The largest absolute Gasteiger partial charge is 0.478 e. The van der Waals surface area contributed by atoms with Crippen LogP contribution in [-0.4, -0.2) is 25.2 Å². The minimum atomic E-state index is -0.545. The van der Waals surface area contributed by atoms with Gasteiger partial charge in [-0.15, -0.1) is 0 Å². The maximum absolute atomic E-state index is 11.9. The molecule has 21 heavy (non-hydrogen) atoms. The summed E-state index contributed by atoms with van der Waals surface area (Å²) in [6.07, 6.45) is 1.13. The van der Waals surface area contributed by atoms with Crippen molar-refractivity contribution in [1.29, 1.82) is 0 Å². The summed E-state index contributed by atoms with van der Waals surface area (Å²) < 4.78 is 11.0. The first kappa shape index (κ1) is 17.5. The predicted molar refractivity (Wildman–Crippen MR) is 84.5 cm³/mol. The zero-order valence-electron chi connectivity index (χ0n) is 13.6. The number of ether oxygens (including phenoxy) is 2. The molecule has 0 amide bonds. The molecule has 0 aromatic heterocycles. The molecule has 1 unspecified atom stereocenters. The van der Waals surface area contributed by atoms with Crippen molar-refractivity contribution in [2.24, 2.45) is 0 Å². The number of nitrogens with one attached hydrogen (secondary N) is 1. The van der Waals surface area contributed by atoms with Crippen molar-refractivity contribution in [2.45, 2.75) is 53.2 Å². The molecular formula is C17H27NO3. The SMILES string of the molecule is CCCNCc1cccc(C)c1OC(CC)C(=O)OCC. The highest BCUT2D eigenvalue weighted by atomic mass is 16.6. The van der Waals surface area contributed by atoms with Crippen molar-refractivity contribution in [3.8, 4) is 5.75 Å². The van der Waals surface area contributed by atoms with Gasteiger partial charge in [0.2, 0.25) is 0 Å². The molecule has 1 atom stereocenters. The van der Waals surface area contributed by atoms with Gasteiger partial charge in [-0.2, -0.15) is 0 Å². The second-order valence-electron chi connectivity index (χ2n) is 5.01. The molecule has 0 fully saturated rings. The van der Waals surface area contributed by atoms with E-state index in [1.165, 1.54) is 0 Å². The number of benzene rings is 1. The van der Waals surface area contributed by atoms with Crippen molar-refractivity contribution in [2.75, 3.05) is 13.2 Å². The molecule has 1 aromatic carbocycles. The zero-order valence-corrected chi connectivity index (χ0v) is 13.6. The number of aryl methyl sites for hydroxylation is 1. The molecule has 0 aliphatic rings. The van der Waals surface area contributed by atoms with Gasteiger partial charge in [-0.25, -0.2) is 4.79 Å².